The molecule has 1 aliphatic rings. The molecule has 0 radical (unpaired) electrons. The van der Waals surface area contributed by atoms with Gasteiger partial charge < -0.3 is 10.6 Å². The second-order valence-corrected chi connectivity index (χ2v) is 5.28. The number of nitrogens with zero attached hydrogens (tertiary/aromatic N) is 2. The smallest absolute Gasteiger partial charge is 0.191 e. The van der Waals surface area contributed by atoms with Gasteiger partial charge in [0.1, 0.15) is 0 Å². The molecule has 0 unspecified atom stereocenters. The Bertz CT molecular complexity index is 235. The second kappa shape index (κ2) is 8.99. The van der Waals surface area contributed by atoms with Crippen molar-refractivity contribution >= 4 is 29.9 Å². The van der Waals surface area contributed by atoms with E-state index in [2.05, 4.69) is 30.7 Å². The highest BCUT2D eigenvalue weighted by Crippen LogP contribution is 2.30. The van der Waals surface area contributed by atoms with Gasteiger partial charge in [-0.25, -0.2) is 0 Å². The number of hydrogen-bond acceptors (Lipinski definition) is 1. The lowest BCUT2D eigenvalue weighted by atomic mass is 9.80. The summed E-state index contributed by atoms with van der Waals surface area (Å²) in [6, 6.07) is 0. The van der Waals surface area contributed by atoms with Crippen LogP contribution in [-0.2, 0) is 0 Å². The summed E-state index contributed by atoms with van der Waals surface area (Å²) in [5, 5.41) is 0. The summed E-state index contributed by atoms with van der Waals surface area (Å²) in [5.74, 6) is 0.768. The van der Waals surface area contributed by atoms with E-state index in [9.17, 15) is 0 Å². The molecule has 18 heavy (non-hydrogen) atoms. The average molecular weight is 367 g/mol. The van der Waals surface area contributed by atoms with Gasteiger partial charge in [0.2, 0.25) is 0 Å². The number of guanidine groups is 1. The van der Waals surface area contributed by atoms with E-state index >= 15 is 0 Å². The first kappa shape index (κ1) is 18.0. The van der Waals surface area contributed by atoms with Crippen LogP contribution in [0.5, 0.6) is 0 Å². The molecule has 1 fully saturated rings. The molecule has 0 aliphatic carbocycles. The Labute approximate surface area is 130 Å². The van der Waals surface area contributed by atoms with Crippen LogP contribution in [0.1, 0.15) is 59.3 Å². The molecule has 1 rings (SSSR count). The molecular weight excluding hydrogens is 337 g/mol. The van der Waals surface area contributed by atoms with Crippen LogP contribution in [0.3, 0.4) is 0 Å². The summed E-state index contributed by atoms with van der Waals surface area (Å²) in [5.41, 5.74) is 6.46. The van der Waals surface area contributed by atoms with Crippen molar-refractivity contribution in [3.8, 4) is 0 Å². The molecule has 0 saturated carbocycles. The summed E-state index contributed by atoms with van der Waals surface area (Å²) in [6.07, 6.45) is 7.43. The van der Waals surface area contributed by atoms with Crippen LogP contribution in [0.25, 0.3) is 0 Å². The van der Waals surface area contributed by atoms with Crippen molar-refractivity contribution in [1.82, 2.24) is 4.90 Å². The van der Waals surface area contributed by atoms with E-state index in [4.69, 9.17) is 5.73 Å². The molecular formula is C14H30IN3. The first-order valence-corrected chi connectivity index (χ1v) is 7.22. The highest BCUT2D eigenvalue weighted by molar-refractivity contribution is 14.0. The predicted octanol–water partition coefficient (Wildman–Crippen LogP) is 3.62. The average Bonchev–Trinajstić information content (AvgIpc) is 2.41. The lowest BCUT2D eigenvalue weighted by molar-refractivity contribution is 0.260. The Balaban J connectivity index is 0.00000289. The van der Waals surface area contributed by atoms with Gasteiger partial charge in [-0.2, -0.15) is 0 Å². The van der Waals surface area contributed by atoms with E-state index in [1.54, 1.807) is 0 Å². The molecule has 0 spiro atoms. The second-order valence-electron chi connectivity index (χ2n) is 5.28. The maximum atomic E-state index is 6.10. The van der Waals surface area contributed by atoms with Gasteiger partial charge in [0.15, 0.2) is 5.96 Å². The largest absolute Gasteiger partial charge is 0.370 e. The summed E-state index contributed by atoms with van der Waals surface area (Å²) < 4.78 is 0. The topological polar surface area (TPSA) is 41.6 Å². The zero-order chi connectivity index (χ0) is 12.7. The Morgan fingerprint density at radius 2 is 1.56 bits per heavy atom. The van der Waals surface area contributed by atoms with E-state index in [0.717, 1.165) is 25.6 Å². The molecule has 0 atom stereocenters. The van der Waals surface area contributed by atoms with Crippen molar-refractivity contribution in [1.29, 1.82) is 0 Å². The van der Waals surface area contributed by atoms with Crippen LogP contribution in [0, 0.1) is 5.41 Å². The molecule has 108 valence electrons. The lowest BCUT2D eigenvalue weighted by Gasteiger charge is -2.31. The standard InChI is InChI=1S/C14H29N3.HI/c1-4-14(5-2,6-3)12-16-13(15)17-10-8-7-9-11-17;/h4-12H2,1-3H3,(H2,15,16);1H. The van der Waals surface area contributed by atoms with E-state index < -0.39 is 0 Å². The van der Waals surface area contributed by atoms with Gasteiger partial charge in [-0.3, -0.25) is 4.99 Å². The van der Waals surface area contributed by atoms with Crippen molar-refractivity contribution in [2.24, 2.45) is 16.1 Å². The van der Waals surface area contributed by atoms with E-state index in [-0.39, 0.29) is 24.0 Å². The quantitative estimate of drug-likeness (QED) is 0.458. The fourth-order valence-corrected chi connectivity index (χ4v) is 2.56. The lowest BCUT2D eigenvalue weighted by Crippen LogP contribution is -2.41. The molecule has 1 saturated heterocycles. The third kappa shape index (κ3) is 4.94. The summed E-state index contributed by atoms with van der Waals surface area (Å²) in [6.45, 7) is 9.86. The van der Waals surface area contributed by atoms with Crippen LogP contribution < -0.4 is 5.73 Å². The monoisotopic (exact) mass is 367 g/mol. The number of aliphatic imine (C=N–C) groups is 1. The molecule has 1 heterocycles. The molecule has 0 aromatic rings. The molecule has 0 aromatic carbocycles. The Hall–Kier alpha value is 0. The zero-order valence-electron chi connectivity index (χ0n) is 12.2. The van der Waals surface area contributed by atoms with Crippen LogP contribution >= 0.6 is 24.0 Å². The third-order valence-electron chi connectivity index (χ3n) is 4.51. The summed E-state index contributed by atoms with van der Waals surface area (Å²) in [7, 11) is 0. The number of likely N-dealkylation sites (tertiary alicyclic amines) is 1. The normalized spacial score (nSPS) is 17.5. The zero-order valence-corrected chi connectivity index (χ0v) is 14.6. The Morgan fingerprint density at radius 3 is 2.00 bits per heavy atom. The maximum Gasteiger partial charge on any atom is 0.191 e. The highest BCUT2D eigenvalue weighted by Gasteiger charge is 2.24. The number of nitrogens with two attached hydrogens (primary N) is 1. The highest BCUT2D eigenvalue weighted by atomic mass is 127. The van der Waals surface area contributed by atoms with Gasteiger partial charge in [0, 0.05) is 19.6 Å². The molecule has 1 aliphatic heterocycles. The van der Waals surface area contributed by atoms with E-state index in [1.807, 2.05) is 0 Å². The molecule has 2 N–H and O–H groups in total. The van der Waals surface area contributed by atoms with Crippen LogP contribution in [0.4, 0.5) is 0 Å². The van der Waals surface area contributed by atoms with E-state index in [0.29, 0.717) is 5.41 Å². The number of piperidine rings is 1. The SMILES string of the molecule is CCC(CC)(CC)CN=C(N)N1CCCCC1.I. The van der Waals surface area contributed by atoms with Crippen LogP contribution in [-0.4, -0.2) is 30.5 Å². The maximum absolute atomic E-state index is 6.10. The summed E-state index contributed by atoms with van der Waals surface area (Å²) in [4.78, 5) is 6.90. The number of rotatable bonds is 5. The number of halogens is 1. The molecule has 0 amide bonds. The van der Waals surface area contributed by atoms with Crippen molar-refractivity contribution in [3.05, 3.63) is 0 Å². The fourth-order valence-electron chi connectivity index (χ4n) is 2.56. The Kier molecular flexibility index (Phi) is 8.99. The van der Waals surface area contributed by atoms with Gasteiger partial charge in [-0.05, 0) is 43.9 Å². The van der Waals surface area contributed by atoms with E-state index in [1.165, 1.54) is 38.5 Å². The Morgan fingerprint density at radius 1 is 1.06 bits per heavy atom. The van der Waals surface area contributed by atoms with Gasteiger partial charge in [-0.15, -0.1) is 24.0 Å². The minimum absolute atomic E-state index is 0. The minimum Gasteiger partial charge on any atom is -0.370 e. The fraction of sp³-hybridized carbons (Fsp3) is 0.929. The molecule has 4 heteroatoms. The summed E-state index contributed by atoms with van der Waals surface area (Å²) >= 11 is 0. The molecule has 3 nitrogen and oxygen atoms in total. The van der Waals surface area contributed by atoms with Gasteiger partial charge in [0.05, 0.1) is 0 Å². The van der Waals surface area contributed by atoms with Gasteiger partial charge in [-0.1, -0.05) is 20.8 Å². The third-order valence-corrected chi connectivity index (χ3v) is 4.51. The van der Waals surface area contributed by atoms with Crippen molar-refractivity contribution in [3.63, 3.8) is 0 Å². The minimum atomic E-state index is 0. The van der Waals surface area contributed by atoms with Crippen LogP contribution in [0.15, 0.2) is 4.99 Å². The van der Waals surface area contributed by atoms with Crippen molar-refractivity contribution in [2.75, 3.05) is 19.6 Å². The molecule has 0 aromatic heterocycles. The number of hydrogen-bond donors (Lipinski definition) is 1. The van der Waals surface area contributed by atoms with Gasteiger partial charge in [0.25, 0.3) is 0 Å². The predicted molar refractivity (Wildman–Crippen MR) is 90.6 cm³/mol. The van der Waals surface area contributed by atoms with Crippen molar-refractivity contribution in [2.45, 2.75) is 59.3 Å². The van der Waals surface area contributed by atoms with Crippen molar-refractivity contribution < 1.29 is 0 Å². The first-order valence-electron chi connectivity index (χ1n) is 7.22. The van der Waals surface area contributed by atoms with Crippen LogP contribution in [0.2, 0.25) is 0 Å². The molecule has 0 bridgehead atoms. The first-order chi connectivity index (χ1) is 8.17. The van der Waals surface area contributed by atoms with Gasteiger partial charge >= 0.3 is 0 Å².